The molecule has 2 rings (SSSR count). The smallest absolute Gasteiger partial charge is 0.335 e. The summed E-state index contributed by atoms with van der Waals surface area (Å²) in [7, 11) is 0. The molecule has 1 aromatic carbocycles. The number of piperidine rings is 1. The van der Waals surface area contributed by atoms with E-state index in [1.54, 1.807) is 12.1 Å². The van der Waals surface area contributed by atoms with Gasteiger partial charge in [0.05, 0.1) is 5.56 Å². The summed E-state index contributed by atoms with van der Waals surface area (Å²) in [6.07, 6.45) is 2.21. The molecule has 110 valence electrons. The zero-order valence-electron chi connectivity index (χ0n) is 12.5. The second kappa shape index (κ2) is 6.27. The minimum atomic E-state index is -0.873. The summed E-state index contributed by atoms with van der Waals surface area (Å²) in [4.78, 5) is 13.5. The summed E-state index contributed by atoms with van der Waals surface area (Å²) in [6, 6.07) is 6.31. The van der Waals surface area contributed by atoms with E-state index >= 15 is 0 Å². The van der Waals surface area contributed by atoms with Crippen molar-refractivity contribution in [3.05, 3.63) is 29.3 Å². The molecule has 1 fully saturated rings. The number of aryl methyl sites for hydroxylation is 1. The third-order valence-electron chi connectivity index (χ3n) is 4.10. The van der Waals surface area contributed by atoms with Gasteiger partial charge in [0.15, 0.2) is 0 Å². The summed E-state index contributed by atoms with van der Waals surface area (Å²) in [5.74, 6) is -0.873. The number of carbonyl (C=O) groups is 1. The van der Waals surface area contributed by atoms with E-state index in [-0.39, 0.29) is 0 Å². The molecule has 0 amide bonds. The second-order valence-electron chi connectivity index (χ2n) is 5.88. The number of carboxylic acid groups (broad SMARTS) is 1. The number of aromatic carboxylic acids is 1. The molecule has 0 unspecified atom stereocenters. The monoisotopic (exact) mass is 276 g/mol. The minimum absolute atomic E-state index is 0.345. The topological polar surface area (TPSA) is 52.6 Å². The van der Waals surface area contributed by atoms with Crippen LogP contribution in [-0.4, -0.2) is 41.1 Å². The Morgan fingerprint density at radius 1 is 1.35 bits per heavy atom. The maximum absolute atomic E-state index is 11.0. The highest BCUT2D eigenvalue weighted by atomic mass is 16.4. The number of carboxylic acids is 1. The number of nitrogens with one attached hydrogen (secondary N) is 1. The number of rotatable bonds is 4. The normalized spacial score (nSPS) is 17.4. The van der Waals surface area contributed by atoms with E-state index in [0.717, 1.165) is 37.2 Å². The predicted octanol–water partition coefficient (Wildman–Crippen LogP) is 2.98. The average Bonchev–Trinajstić information content (AvgIpc) is 2.41. The molecule has 4 heteroatoms. The molecule has 0 aromatic heterocycles. The fraction of sp³-hybridized carbons (Fsp3) is 0.562. The van der Waals surface area contributed by atoms with Crippen LogP contribution >= 0.6 is 0 Å². The number of nitrogens with zero attached hydrogens (tertiary/aromatic N) is 1. The molecule has 0 spiro atoms. The molecule has 0 atom stereocenters. The Morgan fingerprint density at radius 2 is 2.00 bits per heavy atom. The van der Waals surface area contributed by atoms with Gasteiger partial charge in [-0.05, 0) is 51.3 Å². The van der Waals surface area contributed by atoms with Crippen molar-refractivity contribution in [3.8, 4) is 0 Å². The molecule has 20 heavy (non-hydrogen) atoms. The van der Waals surface area contributed by atoms with Crippen molar-refractivity contribution in [2.24, 2.45) is 0 Å². The standard InChI is InChI=1S/C16H24N2O2/c1-11(2)18-8-6-14(7-9-18)17-15-10-13(16(19)20)5-4-12(15)3/h4-5,10-11,14,17H,6-9H2,1-3H3,(H,19,20). The molecule has 1 aliphatic heterocycles. The van der Waals surface area contributed by atoms with Gasteiger partial charge in [-0.15, -0.1) is 0 Å². The van der Waals surface area contributed by atoms with Crippen LogP contribution in [0.15, 0.2) is 18.2 Å². The number of benzene rings is 1. The van der Waals surface area contributed by atoms with Crippen molar-refractivity contribution in [1.29, 1.82) is 0 Å². The Bertz CT molecular complexity index is 477. The van der Waals surface area contributed by atoms with E-state index in [9.17, 15) is 4.79 Å². The molecular weight excluding hydrogens is 252 g/mol. The Morgan fingerprint density at radius 3 is 2.55 bits per heavy atom. The number of anilines is 1. The van der Waals surface area contributed by atoms with Crippen LogP contribution in [0.1, 0.15) is 42.6 Å². The van der Waals surface area contributed by atoms with E-state index in [0.29, 0.717) is 17.6 Å². The molecular formula is C16H24N2O2. The van der Waals surface area contributed by atoms with Crippen molar-refractivity contribution in [3.63, 3.8) is 0 Å². The maximum atomic E-state index is 11.0. The molecule has 1 aromatic rings. The number of likely N-dealkylation sites (tertiary alicyclic amines) is 1. The zero-order chi connectivity index (χ0) is 14.7. The van der Waals surface area contributed by atoms with Gasteiger partial charge < -0.3 is 15.3 Å². The largest absolute Gasteiger partial charge is 0.478 e. The SMILES string of the molecule is Cc1ccc(C(=O)O)cc1NC1CCN(C(C)C)CC1. The van der Waals surface area contributed by atoms with E-state index in [1.165, 1.54) is 0 Å². The van der Waals surface area contributed by atoms with E-state index in [1.807, 2.05) is 13.0 Å². The summed E-state index contributed by atoms with van der Waals surface area (Å²) in [5.41, 5.74) is 2.40. The fourth-order valence-corrected chi connectivity index (χ4v) is 2.69. The highest BCUT2D eigenvalue weighted by Crippen LogP contribution is 2.22. The lowest BCUT2D eigenvalue weighted by Crippen LogP contribution is -2.42. The van der Waals surface area contributed by atoms with Crippen LogP contribution in [-0.2, 0) is 0 Å². The Labute approximate surface area is 120 Å². The lowest BCUT2D eigenvalue weighted by Gasteiger charge is -2.35. The quantitative estimate of drug-likeness (QED) is 0.887. The average molecular weight is 276 g/mol. The van der Waals surface area contributed by atoms with Crippen LogP contribution < -0.4 is 5.32 Å². The van der Waals surface area contributed by atoms with Crippen molar-refractivity contribution in [2.45, 2.75) is 45.7 Å². The first-order valence-electron chi connectivity index (χ1n) is 7.32. The summed E-state index contributed by atoms with van der Waals surface area (Å²) >= 11 is 0. The molecule has 0 bridgehead atoms. The third kappa shape index (κ3) is 3.51. The highest BCUT2D eigenvalue weighted by Gasteiger charge is 2.21. The van der Waals surface area contributed by atoms with Crippen LogP contribution in [0.2, 0.25) is 0 Å². The molecule has 0 saturated carbocycles. The second-order valence-corrected chi connectivity index (χ2v) is 5.88. The number of hydrogen-bond donors (Lipinski definition) is 2. The Kier molecular flexibility index (Phi) is 4.65. The van der Waals surface area contributed by atoms with Crippen LogP contribution in [0.25, 0.3) is 0 Å². The third-order valence-corrected chi connectivity index (χ3v) is 4.10. The number of hydrogen-bond acceptors (Lipinski definition) is 3. The molecule has 2 N–H and O–H groups in total. The van der Waals surface area contributed by atoms with Gasteiger partial charge in [-0.3, -0.25) is 0 Å². The summed E-state index contributed by atoms with van der Waals surface area (Å²) < 4.78 is 0. The summed E-state index contributed by atoms with van der Waals surface area (Å²) in [5, 5.41) is 12.6. The van der Waals surface area contributed by atoms with Crippen LogP contribution in [0.4, 0.5) is 5.69 Å². The molecule has 0 radical (unpaired) electrons. The van der Waals surface area contributed by atoms with Gasteiger partial charge in [0, 0.05) is 30.9 Å². The van der Waals surface area contributed by atoms with E-state index in [4.69, 9.17) is 5.11 Å². The van der Waals surface area contributed by atoms with Crippen molar-refractivity contribution in [1.82, 2.24) is 4.90 Å². The van der Waals surface area contributed by atoms with E-state index < -0.39 is 5.97 Å². The van der Waals surface area contributed by atoms with Gasteiger partial charge in [-0.1, -0.05) is 6.07 Å². The highest BCUT2D eigenvalue weighted by molar-refractivity contribution is 5.89. The first-order valence-corrected chi connectivity index (χ1v) is 7.32. The summed E-state index contributed by atoms with van der Waals surface area (Å²) in [6.45, 7) is 8.68. The van der Waals surface area contributed by atoms with E-state index in [2.05, 4.69) is 24.1 Å². The Balaban J connectivity index is 2.00. The fourth-order valence-electron chi connectivity index (χ4n) is 2.69. The van der Waals surface area contributed by atoms with Crippen LogP contribution in [0, 0.1) is 6.92 Å². The zero-order valence-corrected chi connectivity index (χ0v) is 12.5. The molecule has 1 aliphatic rings. The molecule has 1 saturated heterocycles. The van der Waals surface area contributed by atoms with Gasteiger partial charge in [-0.2, -0.15) is 0 Å². The van der Waals surface area contributed by atoms with Crippen LogP contribution in [0.3, 0.4) is 0 Å². The Hall–Kier alpha value is -1.55. The minimum Gasteiger partial charge on any atom is -0.478 e. The van der Waals surface area contributed by atoms with Crippen LogP contribution in [0.5, 0.6) is 0 Å². The first kappa shape index (κ1) is 14.9. The maximum Gasteiger partial charge on any atom is 0.335 e. The van der Waals surface area contributed by atoms with Gasteiger partial charge in [-0.25, -0.2) is 4.79 Å². The van der Waals surface area contributed by atoms with Crippen molar-refractivity contribution >= 4 is 11.7 Å². The van der Waals surface area contributed by atoms with Crippen molar-refractivity contribution < 1.29 is 9.90 Å². The molecule has 1 heterocycles. The lowest BCUT2D eigenvalue weighted by atomic mass is 10.0. The molecule has 0 aliphatic carbocycles. The first-order chi connectivity index (χ1) is 9.47. The predicted molar refractivity (Wildman–Crippen MR) is 81.5 cm³/mol. The molecule has 4 nitrogen and oxygen atoms in total. The lowest BCUT2D eigenvalue weighted by molar-refractivity contribution is 0.0697. The van der Waals surface area contributed by atoms with Gasteiger partial charge in [0.2, 0.25) is 0 Å². The van der Waals surface area contributed by atoms with Gasteiger partial charge >= 0.3 is 5.97 Å². The van der Waals surface area contributed by atoms with Gasteiger partial charge in [0.25, 0.3) is 0 Å². The van der Waals surface area contributed by atoms with Crippen molar-refractivity contribution in [2.75, 3.05) is 18.4 Å². The van der Waals surface area contributed by atoms with Gasteiger partial charge in [0.1, 0.15) is 0 Å².